The van der Waals surface area contributed by atoms with Gasteiger partial charge in [0.1, 0.15) is 6.04 Å². The van der Waals surface area contributed by atoms with Crippen molar-refractivity contribution < 1.29 is 18.0 Å². The van der Waals surface area contributed by atoms with Crippen LogP contribution in [0.1, 0.15) is 19.8 Å². The summed E-state index contributed by atoms with van der Waals surface area (Å²) >= 11 is 0. The van der Waals surface area contributed by atoms with Crippen molar-refractivity contribution >= 4 is 21.7 Å². The maximum absolute atomic E-state index is 11.8. The van der Waals surface area contributed by atoms with Crippen molar-refractivity contribution in [3.63, 3.8) is 0 Å². The van der Waals surface area contributed by atoms with Gasteiger partial charge in [-0.2, -0.15) is 0 Å². The largest absolute Gasteiger partial charge is 0.345 e. The second-order valence-electron chi connectivity index (χ2n) is 4.61. The number of sulfone groups is 1. The zero-order chi connectivity index (χ0) is 12.6. The van der Waals surface area contributed by atoms with Crippen LogP contribution in [0.2, 0.25) is 0 Å². The molecule has 7 heteroatoms. The summed E-state index contributed by atoms with van der Waals surface area (Å²) in [5.41, 5.74) is 0. The van der Waals surface area contributed by atoms with Crippen LogP contribution in [0, 0.1) is 0 Å². The fourth-order valence-electron chi connectivity index (χ4n) is 2.48. The SMILES string of the molecule is CC1C(=O)NCC(=O)N1C1CCCS(=O)(=O)C1. The third kappa shape index (κ3) is 2.43. The highest BCUT2D eigenvalue weighted by atomic mass is 32.2. The molecule has 6 nitrogen and oxygen atoms in total. The van der Waals surface area contributed by atoms with E-state index in [1.54, 1.807) is 6.92 Å². The van der Waals surface area contributed by atoms with Gasteiger partial charge in [-0.15, -0.1) is 0 Å². The van der Waals surface area contributed by atoms with Gasteiger partial charge in [-0.05, 0) is 19.8 Å². The molecule has 2 aliphatic heterocycles. The molecule has 0 aromatic rings. The number of amides is 2. The van der Waals surface area contributed by atoms with Gasteiger partial charge in [-0.25, -0.2) is 8.42 Å². The van der Waals surface area contributed by atoms with Crippen molar-refractivity contribution in [1.29, 1.82) is 0 Å². The Morgan fingerprint density at radius 2 is 2.06 bits per heavy atom. The number of piperazine rings is 1. The summed E-state index contributed by atoms with van der Waals surface area (Å²) in [6.45, 7) is 1.60. The van der Waals surface area contributed by atoms with Crippen LogP contribution in [0.5, 0.6) is 0 Å². The summed E-state index contributed by atoms with van der Waals surface area (Å²) in [6, 6.07) is -0.920. The van der Waals surface area contributed by atoms with E-state index in [2.05, 4.69) is 5.32 Å². The summed E-state index contributed by atoms with van der Waals surface area (Å²) in [7, 11) is -3.07. The molecule has 0 saturated carbocycles. The van der Waals surface area contributed by atoms with E-state index in [-0.39, 0.29) is 35.9 Å². The van der Waals surface area contributed by atoms with Crippen LogP contribution in [-0.2, 0) is 19.4 Å². The lowest BCUT2D eigenvalue weighted by Crippen LogP contribution is -2.62. The molecule has 0 bridgehead atoms. The van der Waals surface area contributed by atoms with Gasteiger partial charge in [0.2, 0.25) is 11.8 Å². The van der Waals surface area contributed by atoms with E-state index in [4.69, 9.17) is 0 Å². The van der Waals surface area contributed by atoms with Crippen LogP contribution in [0.25, 0.3) is 0 Å². The highest BCUT2D eigenvalue weighted by molar-refractivity contribution is 7.91. The highest BCUT2D eigenvalue weighted by Gasteiger charge is 2.39. The quantitative estimate of drug-likeness (QED) is 0.649. The molecular formula is C10H16N2O4S. The fourth-order valence-corrected chi connectivity index (χ4v) is 4.17. The van der Waals surface area contributed by atoms with Gasteiger partial charge in [-0.1, -0.05) is 0 Å². The predicted octanol–water partition coefficient (Wildman–Crippen LogP) is -1.09. The molecule has 2 saturated heterocycles. The molecule has 0 spiro atoms. The smallest absolute Gasteiger partial charge is 0.242 e. The molecule has 17 heavy (non-hydrogen) atoms. The van der Waals surface area contributed by atoms with Crippen LogP contribution >= 0.6 is 0 Å². The van der Waals surface area contributed by atoms with Gasteiger partial charge in [0, 0.05) is 6.04 Å². The Bertz CT molecular complexity index is 445. The number of carbonyl (C=O) groups excluding carboxylic acids is 2. The van der Waals surface area contributed by atoms with Crippen molar-refractivity contribution in [3.8, 4) is 0 Å². The fraction of sp³-hybridized carbons (Fsp3) is 0.800. The zero-order valence-electron chi connectivity index (χ0n) is 9.68. The molecule has 96 valence electrons. The van der Waals surface area contributed by atoms with E-state index < -0.39 is 15.9 Å². The van der Waals surface area contributed by atoms with Crippen LogP contribution in [-0.4, -0.2) is 55.3 Å². The minimum atomic E-state index is -3.07. The Morgan fingerprint density at radius 1 is 1.35 bits per heavy atom. The first-order valence-corrected chi connectivity index (χ1v) is 7.52. The molecule has 2 aliphatic rings. The zero-order valence-corrected chi connectivity index (χ0v) is 10.5. The standard InChI is InChI=1S/C10H16N2O4S/c1-7-10(14)11-5-9(13)12(7)8-3-2-4-17(15,16)6-8/h7-8H,2-6H2,1H3,(H,11,14). The predicted molar refractivity (Wildman–Crippen MR) is 61.0 cm³/mol. The Morgan fingerprint density at radius 3 is 2.71 bits per heavy atom. The lowest BCUT2D eigenvalue weighted by atomic mass is 10.1. The minimum absolute atomic E-state index is 0.0175. The molecule has 2 rings (SSSR count). The molecule has 1 N–H and O–H groups in total. The average Bonchev–Trinajstić information content (AvgIpc) is 2.23. The van der Waals surface area contributed by atoms with E-state index >= 15 is 0 Å². The molecule has 0 aliphatic carbocycles. The first kappa shape index (κ1) is 12.3. The summed E-state index contributed by atoms with van der Waals surface area (Å²) in [5, 5.41) is 2.49. The van der Waals surface area contributed by atoms with Gasteiger partial charge >= 0.3 is 0 Å². The summed E-state index contributed by atoms with van der Waals surface area (Å²) in [6.07, 6.45) is 1.22. The molecule has 2 fully saturated rings. The van der Waals surface area contributed by atoms with Crippen molar-refractivity contribution in [1.82, 2.24) is 10.2 Å². The van der Waals surface area contributed by atoms with Crippen LogP contribution in [0.3, 0.4) is 0 Å². The van der Waals surface area contributed by atoms with Gasteiger partial charge in [0.25, 0.3) is 0 Å². The van der Waals surface area contributed by atoms with Crippen molar-refractivity contribution in [2.24, 2.45) is 0 Å². The van der Waals surface area contributed by atoms with Crippen molar-refractivity contribution in [2.75, 3.05) is 18.1 Å². The monoisotopic (exact) mass is 260 g/mol. The molecule has 2 heterocycles. The van der Waals surface area contributed by atoms with Crippen molar-refractivity contribution in [3.05, 3.63) is 0 Å². The van der Waals surface area contributed by atoms with Crippen LogP contribution < -0.4 is 5.32 Å². The Labute approximate surface area is 100 Å². The average molecular weight is 260 g/mol. The molecular weight excluding hydrogens is 244 g/mol. The number of nitrogens with zero attached hydrogens (tertiary/aromatic N) is 1. The number of hydrogen-bond acceptors (Lipinski definition) is 4. The summed E-state index contributed by atoms with van der Waals surface area (Å²) < 4.78 is 23.1. The summed E-state index contributed by atoms with van der Waals surface area (Å²) in [5.74, 6) is -0.241. The molecule has 2 unspecified atom stereocenters. The normalized spacial score (nSPS) is 33.4. The summed E-state index contributed by atoms with van der Waals surface area (Å²) in [4.78, 5) is 24.7. The number of nitrogens with one attached hydrogen (secondary N) is 1. The van der Waals surface area contributed by atoms with Gasteiger partial charge in [-0.3, -0.25) is 9.59 Å². The van der Waals surface area contributed by atoms with Gasteiger partial charge in [0.15, 0.2) is 9.84 Å². The molecule has 2 atom stereocenters. The number of rotatable bonds is 1. The van der Waals surface area contributed by atoms with Crippen molar-refractivity contribution in [2.45, 2.75) is 31.8 Å². The maximum Gasteiger partial charge on any atom is 0.242 e. The first-order chi connectivity index (χ1) is 7.91. The van der Waals surface area contributed by atoms with E-state index in [0.29, 0.717) is 12.8 Å². The molecule has 0 aromatic carbocycles. The van der Waals surface area contributed by atoms with E-state index in [0.717, 1.165) is 0 Å². The Hall–Kier alpha value is -1.11. The molecule has 2 amide bonds. The molecule has 0 radical (unpaired) electrons. The van der Waals surface area contributed by atoms with E-state index in [1.165, 1.54) is 4.90 Å². The number of carbonyl (C=O) groups is 2. The topological polar surface area (TPSA) is 83.6 Å². The molecule has 0 aromatic heterocycles. The first-order valence-electron chi connectivity index (χ1n) is 5.70. The second-order valence-corrected chi connectivity index (χ2v) is 6.83. The lowest BCUT2D eigenvalue weighted by Gasteiger charge is -2.40. The number of hydrogen-bond donors (Lipinski definition) is 1. The van der Waals surface area contributed by atoms with Crippen LogP contribution in [0.4, 0.5) is 0 Å². The van der Waals surface area contributed by atoms with Gasteiger partial charge in [0.05, 0.1) is 18.1 Å². The van der Waals surface area contributed by atoms with Gasteiger partial charge < -0.3 is 10.2 Å². The Balaban J connectivity index is 2.19. The minimum Gasteiger partial charge on any atom is -0.345 e. The third-order valence-electron chi connectivity index (χ3n) is 3.33. The highest BCUT2D eigenvalue weighted by Crippen LogP contribution is 2.21. The van der Waals surface area contributed by atoms with Crippen LogP contribution in [0.15, 0.2) is 0 Å². The lowest BCUT2D eigenvalue weighted by molar-refractivity contribution is -0.147. The second kappa shape index (κ2) is 4.29. The maximum atomic E-state index is 11.8. The third-order valence-corrected chi connectivity index (χ3v) is 5.13. The van der Waals surface area contributed by atoms with E-state index in [9.17, 15) is 18.0 Å². The van der Waals surface area contributed by atoms with E-state index in [1.807, 2.05) is 0 Å². The Kier molecular flexibility index (Phi) is 3.11.